The number of halogens is 1. The van der Waals surface area contributed by atoms with E-state index in [9.17, 15) is 9.00 Å². The van der Waals surface area contributed by atoms with Gasteiger partial charge in [0.15, 0.2) is 0 Å². The van der Waals surface area contributed by atoms with E-state index in [1.54, 1.807) is 6.07 Å². The molecule has 1 amide bonds. The molecule has 240 valence electrons. The molecule has 8 heteroatoms. The van der Waals surface area contributed by atoms with E-state index in [4.69, 9.17) is 21.1 Å². The summed E-state index contributed by atoms with van der Waals surface area (Å²) in [5.41, 5.74) is 3.97. The van der Waals surface area contributed by atoms with Crippen molar-refractivity contribution in [2.45, 2.75) is 84.0 Å². The fraction of sp³-hybridized carbons (Fsp3) is 0.583. The van der Waals surface area contributed by atoms with Crippen LogP contribution in [0, 0.1) is 23.7 Å². The van der Waals surface area contributed by atoms with Gasteiger partial charge in [0.05, 0.1) is 23.6 Å². The highest BCUT2D eigenvalue weighted by atomic mass is 35.5. The Labute approximate surface area is 271 Å². The van der Waals surface area contributed by atoms with Gasteiger partial charge in [0, 0.05) is 36.2 Å². The van der Waals surface area contributed by atoms with Crippen LogP contribution in [0.15, 0.2) is 48.6 Å². The van der Waals surface area contributed by atoms with E-state index in [1.807, 2.05) is 25.1 Å². The average molecular weight is 641 g/mol. The fourth-order valence-corrected chi connectivity index (χ4v) is 7.90. The number of allylic oxidation sites excluding steroid dienone is 1. The smallest absolute Gasteiger partial charge is 0.263 e. The number of fused-ring (bicyclic) bond motifs is 2. The highest BCUT2D eigenvalue weighted by Crippen LogP contribution is 2.43. The van der Waals surface area contributed by atoms with Crippen LogP contribution in [0.3, 0.4) is 0 Å². The number of benzene rings is 2. The molecule has 5 rings (SSSR count). The third-order valence-corrected chi connectivity index (χ3v) is 11.4. The summed E-state index contributed by atoms with van der Waals surface area (Å²) in [5.74, 6) is 2.08. The molecule has 0 spiro atoms. The molecule has 2 heterocycles. The zero-order valence-corrected chi connectivity index (χ0v) is 28.5. The van der Waals surface area contributed by atoms with Gasteiger partial charge in [0.2, 0.25) is 0 Å². The Morgan fingerprint density at radius 3 is 2.68 bits per heavy atom. The number of ether oxygens (including phenoxy) is 2. The summed E-state index contributed by atoms with van der Waals surface area (Å²) in [6.07, 6.45) is 9.57. The Morgan fingerprint density at radius 2 is 1.95 bits per heavy atom. The van der Waals surface area contributed by atoms with Crippen molar-refractivity contribution in [1.82, 2.24) is 4.72 Å². The van der Waals surface area contributed by atoms with Crippen molar-refractivity contribution in [1.29, 1.82) is 0 Å². The monoisotopic (exact) mass is 640 g/mol. The molecule has 0 aromatic heterocycles. The van der Waals surface area contributed by atoms with Crippen LogP contribution in [-0.4, -0.2) is 47.8 Å². The molecule has 1 aliphatic carbocycles. The first kappa shape index (κ1) is 33.0. The molecule has 7 atom stereocenters. The maximum Gasteiger partial charge on any atom is 0.263 e. The lowest BCUT2D eigenvalue weighted by Crippen LogP contribution is -2.45. The summed E-state index contributed by atoms with van der Waals surface area (Å²) >= 11 is 6.43. The van der Waals surface area contributed by atoms with Crippen molar-refractivity contribution in [3.8, 4) is 5.75 Å². The highest BCUT2D eigenvalue weighted by molar-refractivity contribution is 7.84. The van der Waals surface area contributed by atoms with Gasteiger partial charge < -0.3 is 14.4 Å². The lowest BCUT2D eigenvalue weighted by Gasteiger charge is -2.44. The zero-order chi connectivity index (χ0) is 31.4. The largest absolute Gasteiger partial charge is 0.491 e. The minimum atomic E-state index is -1.51. The Kier molecular flexibility index (Phi) is 11.1. The average Bonchev–Trinajstić information content (AvgIpc) is 3.16. The van der Waals surface area contributed by atoms with Gasteiger partial charge in [-0.05, 0) is 97.7 Å². The molecule has 2 aromatic rings. The summed E-state index contributed by atoms with van der Waals surface area (Å²) in [5, 5.41) is 0.565. The number of amides is 1. The van der Waals surface area contributed by atoms with Crippen LogP contribution >= 0.6 is 11.6 Å². The number of carbonyl (C=O) groups is 1. The van der Waals surface area contributed by atoms with Crippen LogP contribution in [0.2, 0.25) is 5.02 Å². The normalized spacial score (nSPS) is 30.0. The van der Waals surface area contributed by atoms with Gasteiger partial charge in [-0.1, -0.05) is 63.9 Å². The topological polar surface area (TPSA) is 67.9 Å². The van der Waals surface area contributed by atoms with E-state index in [-0.39, 0.29) is 29.1 Å². The van der Waals surface area contributed by atoms with Crippen LogP contribution in [0.5, 0.6) is 5.75 Å². The Hall–Kier alpha value is -2.35. The predicted octanol–water partition coefficient (Wildman–Crippen LogP) is 7.72. The van der Waals surface area contributed by atoms with E-state index < -0.39 is 11.0 Å². The number of anilines is 1. The van der Waals surface area contributed by atoms with Gasteiger partial charge in [-0.15, -0.1) is 0 Å². The summed E-state index contributed by atoms with van der Waals surface area (Å²) in [6, 6.07) is 11.9. The number of hydrogen-bond acceptors (Lipinski definition) is 5. The van der Waals surface area contributed by atoms with Crippen molar-refractivity contribution in [3.05, 3.63) is 70.3 Å². The molecule has 1 N–H and O–H groups in total. The highest BCUT2D eigenvalue weighted by Gasteiger charge is 2.39. The predicted molar refractivity (Wildman–Crippen MR) is 181 cm³/mol. The second-order valence-electron chi connectivity index (χ2n) is 13.5. The summed E-state index contributed by atoms with van der Waals surface area (Å²) in [7, 11) is -1.51. The van der Waals surface area contributed by atoms with Gasteiger partial charge in [-0.3, -0.25) is 9.52 Å². The molecule has 2 aromatic carbocycles. The van der Waals surface area contributed by atoms with Gasteiger partial charge in [0.25, 0.3) is 5.91 Å². The molecular weight excluding hydrogens is 592 g/mol. The third kappa shape index (κ3) is 7.71. The first-order valence-electron chi connectivity index (χ1n) is 16.4. The quantitative estimate of drug-likeness (QED) is 0.328. The van der Waals surface area contributed by atoms with Crippen molar-refractivity contribution in [2.24, 2.45) is 23.7 Å². The number of carbonyl (C=O) groups excluding carboxylic acids is 1. The molecule has 0 radical (unpaired) electrons. The van der Waals surface area contributed by atoms with E-state index in [1.165, 1.54) is 11.1 Å². The second kappa shape index (κ2) is 14.8. The van der Waals surface area contributed by atoms with Crippen molar-refractivity contribution in [3.63, 3.8) is 0 Å². The molecular formula is C36H49ClN2O4S. The molecule has 1 fully saturated rings. The van der Waals surface area contributed by atoms with E-state index in [2.05, 4.69) is 61.6 Å². The second-order valence-corrected chi connectivity index (χ2v) is 15.4. The molecule has 1 saturated carbocycles. The SMILES string of the molecule is CCCc1cc(Cl)ccc1C1COc2ccc3cc2N(C1)CC1CCC1C(OCC(C)C)/C=C/CC(C)C(C)S(=O)NC3=O. The maximum atomic E-state index is 13.4. The summed E-state index contributed by atoms with van der Waals surface area (Å²) < 4.78 is 29.0. The first-order chi connectivity index (χ1) is 21.1. The maximum absolute atomic E-state index is 13.4. The van der Waals surface area contributed by atoms with Crippen LogP contribution in [0.1, 0.15) is 87.7 Å². The van der Waals surface area contributed by atoms with E-state index in [0.717, 1.165) is 68.3 Å². The van der Waals surface area contributed by atoms with E-state index in [0.29, 0.717) is 29.9 Å². The number of nitrogens with one attached hydrogen (secondary N) is 1. The Morgan fingerprint density at radius 1 is 1.14 bits per heavy atom. The molecule has 3 aliphatic rings. The zero-order valence-electron chi connectivity index (χ0n) is 26.9. The number of hydrogen-bond donors (Lipinski definition) is 1. The van der Waals surface area contributed by atoms with Gasteiger partial charge in [0.1, 0.15) is 16.7 Å². The molecule has 2 aliphatic heterocycles. The first-order valence-corrected chi connectivity index (χ1v) is 18.0. The number of nitrogens with zero attached hydrogens (tertiary/aromatic N) is 1. The van der Waals surface area contributed by atoms with Crippen LogP contribution in [0.4, 0.5) is 5.69 Å². The van der Waals surface area contributed by atoms with Crippen LogP contribution in [-0.2, 0) is 22.1 Å². The minimum absolute atomic E-state index is 0.0500. The molecule has 2 bridgehead atoms. The Balaban J connectivity index is 1.53. The fourth-order valence-electron chi connectivity index (χ4n) is 6.69. The van der Waals surface area contributed by atoms with Gasteiger partial charge in [-0.2, -0.15) is 0 Å². The molecule has 44 heavy (non-hydrogen) atoms. The number of aryl methyl sites for hydroxylation is 1. The van der Waals surface area contributed by atoms with E-state index >= 15 is 0 Å². The summed E-state index contributed by atoms with van der Waals surface area (Å²) in [6.45, 7) is 13.5. The Bertz CT molecular complexity index is 1360. The van der Waals surface area contributed by atoms with Crippen molar-refractivity contribution >= 4 is 34.2 Å². The standard InChI is InChI=1S/C36H49ClN2O4S/c1-6-8-26-17-30(37)13-15-31(26)29-20-39-19-28-11-14-32(28)34(42-21-23(2)3)10-7-9-24(4)25(5)44(41)38-36(40)27-12-16-35(43-22-29)33(39)18-27/h7,10,12-13,15-18,23-25,28-29,32,34H,6,8-9,11,14,19-22H2,1-5H3,(H,38,40)/b10-7+. The van der Waals surface area contributed by atoms with Crippen LogP contribution in [0.25, 0.3) is 0 Å². The van der Waals surface area contributed by atoms with Gasteiger partial charge >= 0.3 is 0 Å². The molecule has 7 unspecified atom stereocenters. The number of rotatable bonds is 6. The third-order valence-electron chi connectivity index (χ3n) is 9.65. The lowest BCUT2D eigenvalue weighted by molar-refractivity contribution is -0.0236. The van der Waals surface area contributed by atoms with Crippen LogP contribution < -0.4 is 14.4 Å². The minimum Gasteiger partial charge on any atom is -0.491 e. The van der Waals surface area contributed by atoms with Gasteiger partial charge in [-0.25, -0.2) is 4.21 Å². The lowest BCUT2D eigenvalue weighted by atomic mass is 9.70. The van der Waals surface area contributed by atoms with Crippen molar-refractivity contribution in [2.75, 3.05) is 31.2 Å². The molecule has 0 saturated heterocycles. The van der Waals surface area contributed by atoms with Crippen molar-refractivity contribution < 1.29 is 18.5 Å². The molecule has 6 nitrogen and oxygen atoms in total. The summed E-state index contributed by atoms with van der Waals surface area (Å²) in [4.78, 5) is 15.8.